The van der Waals surface area contributed by atoms with Crippen LogP contribution in [-0.4, -0.2) is 21.7 Å². The third-order valence-electron chi connectivity index (χ3n) is 3.62. The molecule has 1 aromatic heterocycles. The number of halogens is 1. The lowest BCUT2D eigenvalue weighted by Gasteiger charge is -2.17. The van der Waals surface area contributed by atoms with Crippen molar-refractivity contribution in [3.05, 3.63) is 83.9 Å². The van der Waals surface area contributed by atoms with Crippen molar-refractivity contribution in [2.45, 2.75) is 6.10 Å². The SMILES string of the molecule is Cn1cc(C(=O)OC(C(=O)Nc2ccc(F)cc2)c2ccccc2)cn1. The van der Waals surface area contributed by atoms with E-state index in [1.165, 1.54) is 41.3 Å². The summed E-state index contributed by atoms with van der Waals surface area (Å²) in [6.45, 7) is 0. The van der Waals surface area contributed by atoms with Crippen molar-refractivity contribution in [1.29, 1.82) is 0 Å². The van der Waals surface area contributed by atoms with Crippen LogP contribution in [0.1, 0.15) is 22.0 Å². The summed E-state index contributed by atoms with van der Waals surface area (Å²) in [4.78, 5) is 25.0. The lowest BCUT2D eigenvalue weighted by molar-refractivity contribution is -0.125. The molecule has 1 amide bonds. The number of ether oxygens (including phenoxy) is 1. The molecule has 26 heavy (non-hydrogen) atoms. The molecule has 0 aliphatic heterocycles. The van der Waals surface area contributed by atoms with E-state index in [1.807, 2.05) is 0 Å². The molecular formula is C19H16FN3O3. The topological polar surface area (TPSA) is 73.2 Å². The minimum Gasteiger partial charge on any atom is -0.444 e. The normalized spacial score (nSPS) is 11.6. The number of aromatic nitrogens is 2. The number of hydrogen-bond acceptors (Lipinski definition) is 4. The minimum absolute atomic E-state index is 0.239. The molecule has 1 atom stereocenters. The van der Waals surface area contributed by atoms with Gasteiger partial charge in [-0.3, -0.25) is 9.48 Å². The third kappa shape index (κ3) is 4.13. The maximum atomic E-state index is 13.0. The van der Waals surface area contributed by atoms with E-state index in [0.717, 1.165) is 0 Å². The molecule has 0 fully saturated rings. The van der Waals surface area contributed by atoms with Crippen LogP contribution in [0.5, 0.6) is 0 Å². The van der Waals surface area contributed by atoms with Crippen molar-refractivity contribution in [2.24, 2.45) is 7.05 Å². The van der Waals surface area contributed by atoms with Crippen LogP contribution < -0.4 is 5.32 Å². The van der Waals surface area contributed by atoms with Gasteiger partial charge in [0.2, 0.25) is 6.10 Å². The minimum atomic E-state index is -1.16. The maximum Gasteiger partial charge on any atom is 0.342 e. The highest BCUT2D eigenvalue weighted by Gasteiger charge is 2.26. The van der Waals surface area contributed by atoms with Crippen molar-refractivity contribution >= 4 is 17.6 Å². The average molecular weight is 353 g/mol. The van der Waals surface area contributed by atoms with E-state index < -0.39 is 23.8 Å². The van der Waals surface area contributed by atoms with Gasteiger partial charge >= 0.3 is 5.97 Å². The molecule has 132 valence electrons. The van der Waals surface area contributed by atoms with E-state index >= 15 is 0 Å². The number of hydrogen-bond donors (Lipinski definition) is 1. The zero-order chi connectivity index (χ0) is 18.5. The highest BCUT2D eigenvalue weighted by atomic mass is 19.1. The van der Waals surface area contributed by atoms with E-state index in [1.54, 1.807) is 37.4 Å². The largest absolute Gasteiger partial charge is 0.444 e. The summed E-state index contributed by atoms with van der Waals surface area (Å²) in [5.41, 5.74) is 1.15. The molecule has 6 nitrogen and oxygen atoms in total. The van der Waals surface area contributed by atoms with Crippen LogP contribution in [0.3, 0.4) is 0 Å². The molecule has 0 bridgehead atoms. The van der Waals surface area contributed by atoms with Crippen molar-refractivity contribution < 1.29 is 18.7 Å². The predicted octanol–water partition coefficient (Wildman–Crippen LogP) is 3.10. The highest BCUT2D eigenvalue weighted by Crippen LogP contribution is 2.21. The van der Waals surface area contributed by atoms with Gasteiger partial charge in [-0.05, 0) is 24.3 Å². The fourth-order valence-corrected chi connectivity index (χ4v) is 2.34. The lowest BCUT2D eigenvalue weighted by Crippen LogP contribution is -2.25. The second-order valence-corrected chi connectivity index (χ2v) is 5.59. The number of esters is 1. The molecule has 0 aliphatic carbocycles. The van der Waals surface area contributed by atoms with Crippen LogP contribution in [0.25, 0.3) is 0 Å². The van der Waals surface area contributed by atoms with Gasteiger partial charge in [0.1, 0.15) is 5.82 Å². The summed E-state index contributed by atoms with van der Waals surface area (Å²) in [7, 11) is 1.67. The number of nitrogens with one attached hydrogen (secondary N) is 1. The van der Waals surface area contributed by atoms with E-state index in [9.17, 15) is 14.0 Å². The average Bonchev–Trinajstić information content (AvgIpc) is 3.08. The quantitative estimate of drug-likeness (QED) is 0.716. The van der Waals surface area contributed by atoms with E-state index in [2.05, 4.69) is 10.4 Å². The summed E-state index contributed by atoms with van der Waals surface area (Å²) in [5, 5.41) is 6.54. The number of carbonyl (C=O) groups is 2. The Morgan fingerprint density at radius 1 is 1.12 bits per heavy atom. The number of carbonyl (C=O) groups excluding carboxylic acids is 2. The monoisotopic (exact) mass is 353 g/mol. The molecule has 1 N–H and O–H groups in total. The molecule has 0 saturated heterocycles. The van der Waals surface area contributed by atoms with Crippen LogP contribution in [0.4, 0.5) is 10.1 Å². The van der Waals surface area contributed by atoms with Gasteiger partial charge in [-0.25, -0.2) is 9.18 Å². The Hall–Kier alpha value is -3.48. The van der Waals surface area contributed by atoms with Crippen LogP contribution >= 0.6 is 0 Å². The van der Waals surface area contributed by atoms with Gasteiger partial charge in [-0.15, -0.1) is 0 Å². The van der Waals surface area contributed by atoms with Crippen molar-refractivity contribution in [2.75, 3.05) is 5.32 Å². The summed E-state index contributed by atoms with van der Waals surface area (Å²) in [6.07, 6.45) is 1.71. The molecule has 0 saturated carbocycles. The Morgan fingerprint density at radius 3 is 2.42 bits per heavy atom. The number of aryl methyl sites for hydroxylation is 1. The van der Waals surface area contributed by atoms with Crippen LogP contribution in [-0.2, 0) is 16.6 Å². The Kier molecular flexibility index (Phi) is 5.07. The van der Waals surface area contributed by atoms with Crippen molar-refractivity contribution in [1.82, 2.24) is 9.78 Å². The highest BCUT2D eigenvalue weighted by molar-refractivity contribution is 5.98. The zero-order valence-corrected chi connectivity index (χ0v) is 13.9. The van der Waals surface area contributed by atoms with Gasteiger partial charge in [0.25, 0.3) is 5.91 Å². The standard InChI is InChI=1S/C19H16FN3O3/c1-23-12-14(11-21-23)19(25)26-17(13-5-3-2-4-6-13)18(24)22-16-9-7-15(20)8-10-16/h2-12,17H,1H3,(H,22,24). The summed E-state index contributed by atoms with van der Waals surface area (Å²) in [6, 6.07) is 14.0. The second kappa shape index (κ2) is 7.60. The number of anilines is 1. The van der Waals surface area contributed by atoms with E-state index in [4.69, 9.17) is 4.74 Å². The molecule has 3 rings (SSSR count). The number of benzene rings is 2. The molecule has 1 unspecified atom stereocenters. The van der Waals surface area contributed by atoms with Gasteiger partial charge in [0.15, 0.2) is 0 Å². The van der Waals surface area contributed by atoms with Gasteiger partial charge in [-0.1, -0.05) is 30.3 Å². The number of nitrogens with zero attached hydrogens (tertiary/aromatic N) is 2. The Bertz CT molecular complexity index is 907. The molecular weight excluding hydrogens is 337 g/mol. The van der Waals surface area contributed by atoms with E-state index in [-0.39, 0.29) is 5.56 Å². The smallest absolute Gasteiger partial charge is 0.342 e. The van der Waals surface area contributed by atoms with Crippen LogP contribution in [0, 0.1) is 5.82 Å². The molecule has 2 aromatic carbocycles. The van der Waals surface area contributed by atoms with Gasteiger partial charge < -0.3 is 10.1 Å². The Labute approximate surface area is 149 Å². The number of amides is 1. The summed E-state index contributed by atoms with van der Waals surface area (Å²) >= 11 is 0. The van der Waals surface area contributed by atoms with E-state index in [0.29, 0.717) is 11.3 Å². The lowest BCUT2D eigenvalue weighted by atomic mass is 10.1. The fraction of sp³-hybridized carbons (Fsp3) is 0.105. The summed E-state index contributed by atoms with van der Waals surface area (Å²) in [5.74, 6) is -1.62. The molecule has 0 spiro atoms. The van der Waals surface area contributed by atoms with Crippen LogP contribution in [0.2, 0.25) is 0 Å². The van der Waals surface area contributed by atoms with Gasteiger partial charge in [0.05, 0.1) is 11.8 Å². The Balaban J connectivity index is 1.82. The molecule has 1 heterocycles. The third-order valence-corrected chi connectivity index (χ3v) is 3.62. The first kappa shape index (κ1) is 17.3. The zero-order valence-electron chi connectivity index (χ0n) is 13.9. The fourth-order valence-electron chi connectivity index (χ4n) is 2.34. The first-order chi connectivity index (χ1) is 12.5. The summed E-state index contributed by atoms with van der Waals surface area (Å²) < 4.78 is 19.9. The van der Waals surface area contributed by atoms with Gasteiger partial charge in [0, 0.05) is 24.5 Å². The predicted molar refractivity (Wildman–Crippen MR) is 92.8 cm³/mol. The second-order valence-electron chi connectivity index (χ2n) is 5.59. The van der Waals surface area contributed by atoms with Crippen molar-refractivity contribution in [3.8, 4) is 0 Å². The molecule has 3 aromatic rings. The first-order valence-corrected chi connectivity index (χ1v) is 7.84. The molecule has 0 radical (unpaired) electrons. The van der Waals surface area contributed by atoms with Crippen LogP contribution in [0.15, 0.2) is 67.0 Å². The molecule has 0 aliphatic rings. The van der Waals surface area contributed by atoms with Gasteiger partial charge in [-0.2, -0.15) is 5.10 Å². The maximum absolute atomic E-state index is 13.0. The molecule has 7 heteroatoms. The first-order valence-electron chi connectivity index (χ1n) is 7.84. The Morgan fingerprint density at radius 2 is 1.81 bits per heavy atom. The number of rotatable bonds is 5. The van der Waals surface area contributed by atoms with Crippen molar-refractivity contribution in [3.63, 3.8) is 0 Å².